The van der Waals surface area contributed by atoms with E-state index in [0.29, 0.717) is 22.5 Å². The van der Waals surface area contributed by atoms with Crippen LogP contribution in [0.2, 0.25) is 5.02 Å². The number of hydrogen-bond acceptors (Lipinski definition) is 7. The van der Waals surface area contributed by atoms with E-state index < -0.39 is 5.82 Å². The standard InChI is InChI=1S/C21H15ClFN7O/c1-30-7-13-17(29-30)26-19(28-21-8-20(9-21,10-21)11-25)27-18(13)31-16-14(22)5-12(3-2-4-24)6-15(16)23/h2-3,5-7H,8-10H2,1H3,(H,26,28,29)/b3-2+. The lowest BCUT2D eigenvalue weighted by atomic mass is 9.40. The molecule has 0 spiro atoms. The van der Waals surface area contributed by atoms with Crippen LogP contribution in [-0.2, 0) is 7.05 Å². The van der Waals surface area contributed by atoms with Crippen LogP contribution in [0.1, 0.15) is 24.8 Å². The highest BCUT2D eigenvalue weighted by Crippen LogP contribution is 2.67. The number of nitrogens with zero attached hydrogens (tertiary/aromatic N) is 6. The van der Waals surface area contributed by atoms with Crippen molar-refractivity contribution in [1.29, 1.82) is 10.5 Å². The summed E-state index contributed by atoms with van der Waals surface area (Å²) >= 11 is 6.24. The largest absolute Gasteiger partial charge is 0.433 e. The van der Waals surface area contributed by atoms with Crippen LogP contribution in [0.4, 0.5) is 10.3 Å². The highest BCUT2D eigenvalue weighted by atomic mass is 35.5. The van der Waals surface area contributed by atoms with E-state index in [9.17, 15) is 9.65 Å². The topological polar surface area (TPSA) is 112 Å². The quantitative estimate of drug-likeness (QED) is 0.593. The average molecular weight is 436 g/mol. The first kappa shape index (κ1) is 19.3. The zero-order valence-electron chi connectivity index (χ0n) is 16.4. The molecule has 2 aromatic heterocycles. The van der Waals surface area contributed by atoms with Crippen LogP contribution in [0.15, 0.2) is 24.4 Å². The summed E-state index contributed by atoms with van der Waals surface area (Å²) in [4.78, 5) is 8.89. The van der Waals surface area contributed by atoms with E-state index in [-0.39, 0.29) is 27.6 Å². The number of rotatable bonds is 5. The van der Waals surface area contributed by atoms with E-state index in [1.807, 2.05) is 6.07 Å². The minimum Gasteiger partial charge on any atom is -0.433 e. The van der Waals surface area contributed by atoms with Gasteiger partial charge in [0.05, 0.1) is 22.6 Å². The van der Waals surface area contributed by atoms with Gasteiger partial charge in [-0.05, 0) is 43.0 Å². The SMILES string of the molecule is Cn1cc2c(Oc3c(F)cc(/C=C/C#N)cc3Cl)nc(NC34CC(C#N)(C3)C4)nc2n1. The van der Waals surface area contributed by atoms with E-state index in [0.717, 1.165) is 19.3 Å². The Morgan fingerprint density at radius 2 is 2.06 bits per heavy atom. The van der Waals surface area contributed by atoms with Crippen LogP contribution >= 0.6 is 11.6 Å². The van der Waals surface area contributed by atoms with Gasteiger partial charge in [-0.3, -0.25) is 4.68 Å². The maximum atomic E-state index is 14.7. The summed E-state index contributed by atoms with van der Waals surface area (Å²) in [7, 11) is 1.74. The second-order valence-electron chi connectivity index (χ2n) is 8.10. The van der Waals surface area contributed by atoms with Gasteiger partial charge in [-0.1, -0.05) is 11.6 Å². The Hall–Kier alpha value is -3.69. The maximum Gasteiger partial charge on any atom is 0.235 e. The smallest absolute Gasteiger partial charge is 0.235 e. The summed E-state index contributed by atoms with van der Waals surface area (Å²) < 4.78 is 22.1. The van der Waals surface area contributed by atoms with Crippen molar-refractivity contribution in [1.82, 2.24) is 19.7 Å². The molecule has 2 heterocycles. The molecule has 8 nitrogen and oxygen atoms in total. The van der Waals surface area contributed by atoms with Gasteiger partial charge in [-0.25, -0.2) is 4.39 Å². The minimum atomic E-state index is -0.689. The Kier molecular flexibility index (Phi) is 4.14. The molecule has 0 radical (unpaired) electrons. The lowest BCUT2D eigenvalue weighted by Gasteiger charge is -2.66. The molecule has 2 bridgehead atoms. The third-order valence-corrected chi connectivity index (χ3v) is 5.95. The van der Waals surface area contributed by atoms with Crippen molar-refractivity contribution in [3.8, 4) is 23.8 Å². The van der Waals surface area contributed by atoms with E-state index in [1.54, 1.807) is 17.9 Å². The fourth-order valence-electron chi connectivity index (χ4n) is 4.41. The fourth-order valence-corrected chi connectivity index (χ4v) is 4.66. The molecule has 1 aromatic carbocycles. The summed E-state index contributed by atoms with van der Waals surface area (Å²) in [5, 5.41) is 26.0. The monoisotopic (exact) mass is 435 g/mol. The third kappa shape index (κ3) is 3.15. The Bertz CT molecular complexity index is 1310. The Labute approximate surface area is 181 Å². The number of anilines is 1. The molecule has 0 amide bonds. The molecule has 0 unspecified atom stereocenters. The molecule has 1 N–H and O–H groups in total. The van der Waals surface area contributed by atoms with Crippen molar-refractivity contribution in [2.45, 2.75) is 24.8 Å². The Morgan fingerprint density at radius 1 is 1.29 bits per heavy atom. The van der Waals surface area contributed by atoms with Crippen molar-refractivity contribution in [2.75, 3.05) is 5.32 Å². The van der Waals surface area contributed by atoms with E-state index in [1.165, 1.54) is 24.3 Å². The summed E-state index contributed by atoms with van der Waals surface area (Å²) in [6, 6.07) is 6.93. The number of ether oxygens (including phenoxy) is 1. The molecule has 31 heavy (non-hydrogen) atoms. The number of nitriles is 2. The Balaban J connectivity index is 1.49. The number of hydrogen-bond donors (Lipinski definition) is 1. The molecule has 6 rings (SSSR count). The number of fused-ring (bicyclic) bond motifs is 1. The van der Waals surface area contributed by atoms with Crippen molar-refractivity contribution in [3.05, 3.63) is 40.8 Å². The third-order valence-electron chi connectivity index (χ3n) is 5.67. The lowest BCUT2D eigenvalue weighted by molar-refractivity contribution is -0.0665. The fraction of sp³-hybridized carbons (Fsp3) is 0.286. The van der Waals surface area contributed by atoms with E-state index in [2.05, 4.69) is 26.5 Å². The molecule has 0 saturated heterocycles. The van der Waals surface area contributed by atoms with Gasteiger partial charge < -0.3 is 10.1 Å². The van der Waals surface area contributed by atoms with Crippen molar-refractivity contribution < 1.29 is 9.13 Å². The molecule has 0 atom stereocenters. The molecule has 3 fully saturated rings. The first-order valence-corrected chi connectivity index (χ1v) is 9.86. The van der Waals surface area contributed by atoms with Gasteiger partial charge in [0.25, 0.3) is 0 Å². The van der Waals surface area contributed by atoms with Crippen molar-refractivity contribution in [2.24, 2.45) is 12.5 Å². The van der Waals surface area contributed by atoms with Crippen LogP contribution in [0, 0.1) is 33.9 Å². The van der Waals surface area contributed by atoms with Crippen molar-refractivity contribution >= 4 is 34.7 Å². The van der Waals surface area contributed by atoms with Gasteiger partial charge in [0.2, 0.25) is 11.8 Å². The van der Waals surface area contributed by atoms with E-state index in [4.69, 9.17) is 21.6 Å². The van der Waals surface area contributed by atoms with E-state index >= 15 is 0 Å². The maximum absolute atomic E-state index is 14.7. The molecule has 10 heteroatoms. The normalized spacial score (nSPS) is 23.6. The van der Waals surface area contributed by atoms with Gasteiger partial charge in [0, 0.05) is 24.9 Å². The summed E-state index contributed by atoms with van der Waals surface area (Å²) in [6.07, 6.45) is 6.59. The van der Waals surface area contributed by atoms with Gasteiger partial charge in [-0.2, -0.15) is 25.6 Å². The van der Waals surface area contributed by atoms with Gasteiger partial charge in [0.1, 0.15) is 5.39 Å². The predicted molar refractivity (Wildman–Crippen MR) is 111 cm³/mol. The Morgan fingerprint density at radius 3 is 2.74 bits per heavy atom. The summed E-state index contributed by atoms with van der Waals surface area (Å²) in [5.74, 6) is -0.453. The van der Waals surface area contributed by atoms with Crippen LogP contribution in [0.5, 0.6) is 11.6 Å². The molecular weight excluding hydrogens is 421 g/mol. The molecule has 0 aliphatic heterocycles. The van der Waals surface area contributed by atoms with Crippen LogP contribution in [0.25, 0.3) is 17.1 Å². The lowest BCUT2D eigenvalue weighted by Crippen LogP contribution is -2.70. The average Bonchev–Trinajstić information content (AvgIpc) is 3.04. The molecule has 3 aliphatic carbocycles. The highest BCUT2D eigenvalue weighted by molar-refractivity contribution is 6.32. The summed E-state index contributed by atoms with van der Waals surface area (Å²) in [5.41, 5.74) is 0.414. The highest BCUT2D eigenvalue weighted by Gasteiger charge is 2.69. The number of aryl methyl sites for hydroxylation is 1. The molecular formula is C21H15ClFN7O. The second-order valence-corrected chi connectivity index (χ2v) is 8.51. The number of aromatic nitrogens is 4. The summed E-state index contributed by atoms with van der Waals surface area (Å²) in [6.45, 7) is 0. The molecule has 154 valence electrons. The zero-order valence-corrected chi connectivity index (χ0v) is 17.1. The van der Waals surface area contributed by atoms with Gasteiger partial charge in [0.15, 0.2) is 17.2 Å². The first-order valence-electron chi connectivity index (χ1n) is 9.48. The number of halogens is 2. The predicted octanol–water partition coefficient (Wildman–Crippen LogP) is 4.34. The minimum absolute atomic E-state index is 0.0399. The van der Waals surface area contributed by atoms with Crippen molar-refractivity contribution in [3.63, 3.8) is 0 Å². The second kappa shape index (κ2) is 6.66. The molecule has 3 aliphatic rings. The van der Waals surface area contributed by atoms with Gasteiger partial charge in [-0.15, -0.1) is 0 Å². The number of benzene rings is 1. The van der Waals surface area contributed by atoms with Crippen LogP contribution in [0.3, 0.4) is 0 Å². The number of nitrogens with one attached hydrogen (secondary N) is 1. The first-order chi connectivity index (χ1) is 14.8. The number of allylic oxidation sites excluding steroid dienone is 1. The molecule has 3 aromatic rings. The molecule has 3 saturated carbocycles. The van der Waals surface area contributed by atoms with Crippen LogP contribution in [-0.4, -0.2) is 25.3 Å². The van der Waals surface area contributed by atoms with Crippen LogP contribution < -0.4 is 10.1 Å². The van der Waals surface area contributed by atoms with Gasteiger partial charge >= 0.3 is 0 Å². The zero-order chi connectivity index (χ0) is 21.8.